The quantitative estimate of drug-likeness (QED) is 0.612. The van der Waals surface area contributed by atoms with Crippen LogP contribution < -0.4 is 10.1 Å². The lowest BCUT2D eigenvalue weighted by Gasteiger charge is -2.35. The number of thiophene rings is 1. The van der Waals surface area contributed by atoms with Gasteiger partial charge >= 0.3 is 6.36 Å². The van der Waals surface area contributed by atoms with Crippen molar-refractivity contribution in [3.05, 3.63) is 49.6 Å². The van der Waals surface area contributed by atoms with Crippen LogP contribution in [0.25, 0.3) is 0 Å². The Morgan fingerprint density at radius 3 is 2.46 bits per heavy atom. The fraction of sp³-hybridized carbons (Fsp3) is 0.375. The minimum absolute atomic E-state index is 0. The molecule has 0 aliphatic carbocycles. The van der Waals surface area contributed by atoms with Gasteiger partial charge in [-0.25, -0.2) is 0 Å². The predicted octanol–water partition coefficient (Wildman–Crippen LogP) is 5.48. The summed E-state index contributed by atoms with van der Waals surface area (Å²) >= 11 is 10.8. The number of alkyl halides is 3. The molecule has 1 aliphatic rings. The first-order valence-corrected chi connectivity index (χ1v) is 9.57. The second kappa shape index (κ2) is 9.12. The van der Waals surface area contributed by atoms with Gasteiger partial charge in [-0.2, -0.15) is 0 Å². The van der Waals surface area contributed by atoms with Crippen LogP contribution in [0.2, 0.25) is 4.34 Å². The van der Waals surface area contributed by atoms with Gasteiger partial charge in [0.15, 0.2) is 0 Å². The van der Waals surface area contributed by atoms with Crippen LogP contribution in [0.1, 0.15) is 16.5 Å². The highest BCUT2D eigenvalue weighted by Crippen LogP contribution is 2.38. The highest BCUT2D eigenvalue weighted by molar-refractivity contribution is 9.10. The number of hydrogen-bond donors (Lipinski definition) is 1. The minimum Gasteiger partial charge on any atom is -0.406 e. The molecule has 3 rings (SSSR count). The van der Waals surface area contributed by atoms with Gasteiger partial charge in [0.1, 0.15) is 5.75 Å². The lowest BCUT2D eigenvalue weighted by atomic mass is 10.0. The SMILES string of the molecule is Cl.FC(F)(F)Oc1cc(Br)cc([C@H](c2ccc(Cl)s2)N2CCNCC2)c1. The molecule has 0 unspecified atom stereocenters. The fourth-order valence-electron chi connectivity index (χ4n) is 2.91. The average Bonchev–Trinajstić information content (AvgIpc) is 2.92. The summed E-state index contributed by atoms with van der Waals surface area (Å²) in [6, 6.07) is 8.13. The zero-order valence-electron chi connectivity index (χ0n) is 13.4. The molecule has 0 saturated carbocycles. The molecule has 1 N–H and O–H groups in total. The number of nitrogens with zero attached hydrogens (tertiary/aromatic N) is 1. The number of nitrogens with one attached hydrogen (secondary N) is 1. The van der Waals surface area contributed by atoms with Gasteiger partial charge in [-0.1, -0.05) is 27.5 Å². The molecule has 1 saturated heterocycles. The molecule has 0 spiro atoms. The van der Waals surface area contributed by atoms with Gasteiger partial charge in [0.2, 0.25) is 0 Å². The average molecular weight is 492 g/mol. The molecule has 144 valence electrons. The van der Waals surface area contributed by atoms with Gasteiger partial charge in [-0.3, -0.25) is 4.90 Å². The molecule has 0 amide bonds. The highest BCUT2D eigenvalue weighted by atomic mass is 79.9. The van der Waals surface area contributed by atoms with E-state index in [4.69, 9.17) is 11.6 Å². The van der Waals surface area contributed by atoms with E-state index in [2.05, 4.69) is 30.9 Å². The third-order valence-corrected chi connectivity index (χ3v) is 5.56. The summed E-state index contributed by atoms with van der Waals surface area (Å²) < 4.78 is 43.1. The summed E-state index contributed by atoms with van der Waals surface area (Å²) in [5.41, 5.74) is 0.731. The molecule has 1 atom stereocenters. The number of piperazine rings is 1. The van der Waals surface area contributed by atoms with E-state index < -0.39 is 6.36 Å². The maximum Gasteiger partial charge on any atom is 0.573 e. The Morgan fingerprint density at radius 2 is 1.88 bits per heavy atom. The molecule has 2 aromatic rings. The summed E-state index contributed by atoms with van der Waals surface area (Å²) in [6.45, 7) is 3.25. The Bertz CT molecular complexity index is 739. The van der Waals surface area contributed by atoms with Gasteiger partial charge in [-0.05, 0) is 35.9 Å². The molecule has 1 aromatic carbocycles. The number of ether oxygens (including phenoxy) is 1. The topological polar surface area (TPSA) is 24.5 Å². The summed E-state index contributed by atoms with van der Waals surface area (Å²) in [4.78, 5) is 3.22. The lowest BCUT2D eigenvalue weighted by molar-refractivity contribution is -0.274. The second-order valence-corrected chi connectivity index (χ2v) is 8.26. The van der Waals surface area contributed by atoms with Crippen LogP contribution in [0.15, 0.2) is 34.8 Å². The minimum atomic E-state index is -4.73. The van der Waals surface area contributed by atoms with Gasteiger partial charge in [-0.15, -0.1) is 36.9 Å². The van der Waals surface area contributed by atoms with Crippen LogP contribution in [0.3, 0.4) is 0 Å². The summed E-state index contributed by atoms with van der Waals surface area (Å²) in [7, 11) is 0. The molecule has 3 nitrogen and oxygen atoms in total. The molecule has 10 heteroatoms. The van der Waals surface area contributed by atoms with E-state index in [9.17, 15) is 13.2 Å². The van der Waals surface area contributed by atoms with E-state index in [1.807, 2.05) is 18.2 Å². The van der Waals surface area contributed by atoms with E-state index in [0.717, 1.165) is 36.6 Å². The van der Waals surface area contributed by atoms with Crippen molar-refractivity contribution in [1.82, 2.24) is 10.2 Å². The van der Waals surface area contributed by atoms with Crippen LogP contribution in [-0.4, -0.2) is 37.4 Å². The first-order valence-electron chi connectivity index (χ1n) is 7.58. The van der Waals surface area contributed by atoms with Gasteiger partial charge in [0, 0.05) is 35.5 Å². The maximum absolute atomic E-state index is 12.6. The Hall–Kier alpha value is -0.510. The van der Waals surface area contributed by atoms with Crippen molar-refractivity contribution in [3.8, 4) is 5.75 Å². The van der Waals surface area contributed by atoms with Crippen molar-refractivity contribution in [2.24, 2.45) is 0 Å². The standard InChI is InChI=1S/C16H15BrClF3N2OS.ClH/c17-11-7-10(8-12(9-11)24-16(19,20)21)15(13-1-2-14(18)25-13)23-5-3-22-4-6-23;/h1-2,7-9,15,22H,3-6H2;1H/t15-;/m1./s1. The fourth-order valence-corrected chi connectivity index (χ4v) is 4.62. The van der Waals surface area contributed by atoms with Crippen molar-refractivity contribution < 1.29 is 17.9 Å². The molecule has 26 heavy (non-hydrogen) atoms. The molecule has 1 aromatic heterocycles. The van der Waals surface area contributed by atoms with Gasteiger partial charge < -0.3 is 10.1 Å². The maximum atomic E-state index is 12.6. The normalized spacial score (nSPS) is 16.8. The molecular formula is C16H16BrCl2F3N2OS. The molecule has 0 bridgehead atoms. The van der Waals surface area contributed by atoms with E-state index >= 15 is 0 Å². The smallest absolute Gasteiger partial charge is 0.406 e. The molecule has 2 heterocycles. The summed E-state index contributed by atoms with van der Waals surface area (Å²) in [6.07, 6.45) is -4.73. The van der Waals surface area contributed by atoms with Crippen molar-refractivity contribution in [1.29, 1.82) is 0 Å². The van der Waals surface area contributed by atoms with Gasteiger partial charge in [0.05, 0.1) is 10.4 Å². The van der Waals surface area contributed by atoms with Gasteiger partial charge in [0.25, 0.3) is 0 Å². The molecule has 0 radical (unpaired) electrons. The Morgan fingerprint density at radius 1 is 1.19 bits per heavy atom. The molecule has 1 aliphatic heterocycles. The molecule has 1 fully saturated rings. The second-order valence-electron chi connectivity index (χ2n) is 5.60. The highest BCUT2D eigenvalue weighted by Gasteiger charge is 2.32. The van der Waals surface area contributed by atoms with Crippen LogP contribution in [0, 0.1) is 0 Å². The first-order chi connectivity index (χ1) is 11.8. The van der Waals surface area contributed by atoms with E-state index in [-0.39, 0.29) is 24.2 Å². The zero-order valence-corrected chi connectivity index (χ0v) is 17.3. The Labute approximate surface area is 173 Å². The van der Waals surface area contributed by atoms with Crippen molar-refractivity contribution in [2.75, 3.05) is 26.2 Å². The monoisotopic (exact) mass is 490 g/mol. The number of benzene rings is 1. The van der Waals surface area contributed by atoms with Crippen LogP contribution >= 0.6 is 51.3 Å². The van der Waals surface area contributed by atoms with Crippen LogP contribution in [-0.2, 0) is 0 Å². The summed E-state index contributed by atoms with van der Waals surface area (Å²) in [5.74, 6) is -0.236. The van der Waals surface area contributed by atoms with E-state index in [1.165, 1.54) is 23.5 Å². The lowest BCUT2D eigenvalue weighted by Crippen LogP contribution is -2.45. The number of hydrogen-bond acceptors (Lipinski definition) is 4. The third kappa shape index (κ3) is 5.74. The third-order valence-electron chi connectivity index (χ3n) is 3.82. The van der Waals surface area contributed by atoms with Crippen molar-refractivity contribution in [2.45, 2.75) is 12.4 Å². The van der Waals surface area contributed by atoms with Crippen molar-refractivity contribution >= 4 is 51.3 Å². The largest absolute Gasteiger partial charge is 0.573 e. The zero-order chi connectivity index (χ0) is 18.0. The number of halogens is 6. The van der Waals surface area contributed by atoms with E-state index in [0.29, 0.717) is 8.81 Å². The van der Waals surface area contributed by atoms with Crippen LogP contribution in [0.5, 0.6) is 5.75 Å². The van der Waals surface area contributed by atoms with Crippen molar-refractivity contribution in [3.63, 3.8) is 0 Å². The number of rotatable bonds is 4. The molecular weight excluding hydrogens is 476 g/mol. The first kappa shape index (κ1) is 21.8. The Kier molecular flexibility index (Phi) is 7.64. The predicted molar refractivity (Wildman–Crippen MR) is 104 cm³/mol. The summed E-state index contributed by atoms with van der Waals surface area (Å²) in [5, 5.41) is 3.28. The van der Waals surface area contributed by atoms with E-state index in [1.54, 1.807) is 0 Å². The van der Waals surface area contributed by atoms with Crippen LogP contribution in [0.4, 0.5) is 13.2 Å². The Balaban J connectivity index is 0.00000243.